The van der Waals surface area contributed by atoms with Crippen LogP contribution in [0.2, 0.25) is 0 Å². The maximum Gasteiger partial charge on any atom is 0.488 e. The standard InChI is InChI=1S/C17H27BO2/c1-2-3-5-8-14-11-12-17(18(19)20)16(13-14)15-9-6-4-7-10-15/h11-13,15,19-20H,2-10H2,1H3. The van der Waals surface area contributed by atoms with Gasteiger partial charge in [-0.15, -0.1) is 0 Å². The summed E-state index contributed by atoms with van der Waals surface area (Å²) in [5.41, 5.74) is 3.26. The van der Waals surface area contributed by atoms with Crippen LogP contribution in [0.4, 0.5) is 0 Å². The third-order valence-corrected chi connectivity index (χ3v) is 4.54. The van der Waals surface area contributed by atoms with Crippen LogP contribution in [-0.4, -0.2) is 17.2 Å². The molecule has 3 heteroatoms. The lowest BCUT2D eigenvalue weighted by Gasteiger charge is -2.25. The van der Waals surface area contributed by atoms with E-state index in [0.717, 1.165) is 11.9 Å². The van der Waals surface area contributed by atoms with Crippen molar-refractivity contribution in [2.24, 2.45) is 0 Å². The average Bonchev–Trinajstić information content (AvgIpc) is 2.48. The van der Waals surface area contributed by atoms with Crippen LogP contribution in [0.15, 0.2) is 18.2 Å². The van der Waals surface area contributed by atoms with E-state index in [0.29, 0.717) is 5.92 Å². The van der Waals surface area contributed by atoms with Gasteiger partial charge >= 0.3 is 7.12 Å². The maximum absolute atomic E-state index is 9.60. The minimum absolute atomic E-state index is 0.520. The molecule has 20 heavy (non-hydrogen) atoms. The Hall–Kier alpha value is -0.795. The van der Waals surface area contributed by atoms with E-state index >= 15 is 0 Å². The van der Waals surface area contributed by atoms with Crippen LogP contribution in [0.1, 0.15) is 75.3 Å². The van der Waals surface area contributed by atoms with Gasteiger partial charge in [0, 0.05) is 0 Å². The lowest BCUT2D eigenvalue weighted by molar-refractivity contribution is 0.420. The van der Waals surface area contributed by atoms with Crippen LogP contribution >= 0.6 is 0 Å². The van der Waals surface area contributed by atoms with Crippen LogP contribution in [0.5, 0.6) is 0 Å². The molecule has 0 heterocycles. The molecule has 1 aliphatic carbocycles. The molecule has 0 aromatic heterocycles. The summed E-state index contributed by atoms with van der Waals surface area (Å²) in [6.45, 7) is 2.22. The third kappa shape index (κ3) is 4.10. The van der Waals surface area contributed by atoms with Crippen molar-refractivity contribution in [3.05, 3.63) is 29.3 Å². The molecule has 2 nitrogen and oxygen atoms in total. The number of hydrogen-bond donors (Lipinski definition) is 2. The number of hydrogen-bond acceptors (Lipinski definition) is 2. The Bertz CT molecular complexity index is 411. The Morgan fingerprint density at radius 2 is 1.85 bits per heavy atom. The van der Waals surface area contributed by atoms with E-state index in [-0.39, 0.29) is 0 Å². The Kier molecular flexibility index (Phi) is 6.12. The van der Waals surface area contributed by atoms with Gasteiger partial charge in [-0.1, -0.05) is 57.2 Å². The second-order valence-electron chi connectivity index (χ2n) is 6.13. The zero-order valence-corrected chi connectivity index (χ0v) is 12.6. The predicted molar refractivity (Wildman–Crippen MR) is 85.3 cm³/mol. The molecule has 1 aromatic rings. The first-order valence-corrected chi connectivity index (χ1v) is 8.21. The molecule has 2 rings (SSSR count). The number of benzene rings is 1. The number of unbranched alkanes of at least 4 members (excludes halogenated alkanes) is 2. The van der Waals surface area contributed by atoms with E-state index in [2.05, 4.69) is 19.1 Å². The first-order valence-electron chi connectivity index (χ1n) is 8.21. The summed E-state index contributed by atoms with van der Waals surface area (Å²) in [6, 6.07) is 6.23. The van der Waals surface area contributed by atoms with Gasteiger partial charge in [0.1, 0.15) is 0 Å². The van der Waals surface area contributed by atoms with Crippen molar-refractivity contribution in [1.29, 1.82) is 0 Å². The highest BCUT2D eigenvalue weighted by molar-refractivity contribution is 6.59. The van der Waals surface area contributed by atoms with Crippen LogP contribution in [0.25, 0.3) is 0 Å². The average molecular weight is 274 g/mol. The number of rotatable bonds is 6. The van der Waals surface area contributed by atoms with Gasteiger partial charge < -0.3 is 10.0 Å². The van der Waals surface area contributed by atoms with Crippen molar-refractivity contribution in [2.45, 2.75) is 70.6 Å². The quantitative estimate of drug-likeness (QED) is 0.618. The largest absolute Gasteiger partial charge is 0.488 e. The van der Waals surface area contributed by atoms with Crippen molar-refractivity contribution in [3.8, 4) is 0 Å². The van der Waals surface area contributed by atoms with Crippen LogP contribution in [-0.2, 0) is 6.42 Å². The zero-order chi connectivity index (χ0) is 14.4. The minimum atomic E-state index is -1.34. The Morgan fingerprint density at radius 1 is 1.10 bits per heavy atom. The summed E-state index contributed by atoms with van der Waals surface area (Å²) < 4.78 is 0. The van der Waals surface area contributed by atoms with Gasteiger partial charge in [0.2, 0.25) is 0 Å². The Labute approximate surface area is 123 Å². The molecule has 0 unspecified atom stereocenters. The predicted octanol–water partition coefficient (Wildman–Crippen LogP) is 3.15. The lowest BCUT2D eigenvalue weighted by atomic mass is 9.70. The lowest BCUT2D eigenvalue weighted by Crippen LogP contribution is -2.34. The fourth-order valence-electron chi connectivity index (χ4n) is 3.36. The molecule has 0 atom stereocenters. The van der Waals surface area contributed by atoms with Gasteiger partial charge in [-0.2, -0.15) is 0 Å². The van der Waals surface area contributed by atoms with Crippen LogP contribution in [0.3, 0.4) is 0 Å². The van der Waals surface area contributed by atoms with E-state index < -0.39 is 7.12 Å². The summed E-state index contributed by atoms with van der Waals surface area (Å²) in [7, 11) is -1.34. The summed E-state index contributed by atoms with van der Waals surface area (Å²) >= 11 is 0. The van der Waals surface area contributed by atoms with Gasteiger partial charge in [-0.3, -0.25) is 0 Å². The molecule has 0 saturated heterocycles. The fraction of sp³-hybridized carbons (Fsp3) is 0.647. The monoisotopic (exact) mass is 274 g/mol. The molecule has 0 bridgehead atoms. The second kappa shape index (κ2) is 7.85. The SMILES string of the molecule is CCCCCc1ccc(B(O)O)c(C2CCCCC2)c1. The Morgan fingerprint density at radius 3 is 2.50 bits per heavy atom. The van der Waals surface area contributed by atoms with Crippen molar-refractivity contribution in [3.63, 3.8) is 0 Å². The fourth-order valence-corrected chi connectivity index (χ4v) is 3.36. The number of aryl methyl sites for hydroxylation is 1. The van der Waals surface area contributed by atoms with Gasteiger partial charge in [0.05, 0.1) is 0 Å². The van der Waals surface area contributed by atoms with Crippen LogP contribution < -0.4 is 5.46 Å². The van der Waals surface area contributed by atoms with Crippen molar-refractivity contribution < 1.29 is 10.0 Å². The van der Waals surface area contributed by atoms with E-state index in [1.165, 1.54) is 62.5 Å². The van der Waals surface area contributed by atoms with E-state index in [4.69, 9.17) is 0 Å². The summed E-state index contributed by atoms with van der Waals surface area (Å²) in [5.74, 6) is 0.520. The highest BCUT2D eigenvalue weighted by Gasteiger charge is 2.23. The summed E-state index contributed by atoms with van der Waals surface area (Å²) in [6.07, 6.45) is 11.1. The molecule has 2 N–H and O–H groups in total. The first-order chi connectivity index (χ1) is 9.72. The van der Waals surface area contributed by atoms with Crippen molar-refractivity contribution in [2.75, 3.05) is 0 Å². The van der Waals surface area contributed by atoms with Gasteiger partial charge in [-0.05, 0) is 48.2 Å². The molecule has 1 saturated carbocycles. The first kappa shape index (κ1) is 15.6. The van der Waals surface area contributed by atoms with E-state index in [9.17, 15) is 10.0 Å². The molecule has 1 aliphatic rings. The third-order valence-electron chi connectivity index (χ3n) is 4.54. The topological polar surface area (TPSA) is 40.5 Å². The molecule has 0 spiro atoms. The summed E-state index contributed by atoms with van der Waals surface area (Å²) in [5, 5.41) is 19.2. The van der Waals surface area contributed by atoms with Gasteiger partial charge in [0.15, 0.2) is 0 Å². The molecule has 110 valence electrons. The van der Waals surface area contributed by atoms with Crippen molar-refractivity contribution in [1.82, 2.24) is 0 Å². The molecule has 1 fully saturated rings. The normalized spacial score (nSPS) is 16.4. The minimum Gasteiger partial charge on any atom is -0.423 e. The van der Waals surface area contributed by atoms with Crippen molar-refractivity contribution >= 4 is 12.6 Å². The van der Waals surface area contributed by atoms with Gasteiger partial charge in [0.25, 0.3) is 0 Å². The highest BCUT2D eigenvalue weighted by Crippen LogP contribution is 2.32. The van der Waals surface area contributed by atoms with Crippen LogP contribution in [0, 0.1) is 0 Å². The maximum atomic E-state index is 9.60. The van der Waals surface area contributed by atoms with E-state index in [1.54, 1.807) is 0 Å². The molecular weight excluding hydrogens is 247 g/mol. The molecule has 0 amide bonds. The molecule has 0 aliphatic heterocycles. The van der Waals surface area contributed by atoms with Gasteiger partial charge in [-0.25, -0.2) is 0 Å². The smallest absolute Gasteiger partial charge is 0.423 e. The second-order valence-corrected chi connectivity index (χ2v) is 6.13. The molecular formula is C17H27BO2. The summed E-state index contributed by atoms with van der Waals surface area (Å²) in [4.78, 5) is 0. The molecule has 1 aromatic carbocycles. The molecule has 0 radical (unpaired) electrons. The highest BCUT2D eigenvalue weighted by atomic mass is 16.4. The Balaban J connectivity index is 2.17. The zero-order valence-electron chi connectivity index (χ0n) is 12.6. The van der Waals surface area contributed by atoms with E-state index in [1.807, 2.05) is 6.07 Å².